The average molecular weight is 276 g/mol. The molecule has 0 aromatic carbocycles. The Morgan fingerprint density at radius 3 is 2.59 bits per heavy atom. The van der Waals surface area contributed by atoms with Gasteiger partial charge in [0.15, 0.2) is 4.32 Å². The number of amides is 2. The highest BCUT2D eigenvalue weighted by molar-refractivity contribution is 8.24. The van der Waals surface area contributed by atoms with E-state index < -0.39 is 11.7 Å². The Bertz CT molecular complexity index is 352. The number of hydrogen-bond donors (Lipinski definition) is 1. The fraction of sp³-hybridized carbons (Fsp3) is 0.700. The first-order chi connectivity index (χ1) is 7.74. The van der Waals surface area contributed by atoms with Crippen LogP contribution < -0.4 is 5.43 Å². The van der Waals surface area contributed by atoms with Crippen molar-refractivity contribution in [1.82, 2.24) is 10.4 Å². The maximum absolute atomic E-state index is 11.8. The zero-order valence-corrected chi connectivity index (χ0v) is 11.9. The first-order valence-electron chi connectivity index (χ1n) is 5.29. The maximum atomic E-state index is 11.8. The van der Waals surface area contributed by atoms with Crippen molar-refractivity contribution in [2.45, 2.75) is 45.0 Å². The summed E-state index contributed by atoms with van der Waals surface area (Å²) in [6.45, 7) is 7.15. The van der Waals surface area contributed by atoms with Gasteiger partial charge in [-0.25, -0.2) is 10.2 Å². The van der Waals surface area contributed by atoms with Crippen LogP contribution in [0.15, 0.2) is 0 Å². The Hall–Kier alpha value is -0.820. The van der Waals surface area contributed by atoms with Crippen molar-refractivity contribution in [2.75, 3.05) is 0 Å². The lowest BCUT2D eigenvalue weighted by Gasteiger charge is -2.22. The van der Waals surface area contributed by atoms with Crippen molar-refractivity contribution < 1.29 is 14.3 Å². The third-order valence-electron chi connectivity index (χ3n) is 1.89. The molecule has 0 aromatic rings. The van der Waals surface area contributed by atoms with Crippen molar-refractivity contribution in [2.24, 2.45) is 0 Å². The summed E-state index contributed by atoms with van der Waals surface area (Å²) < 4.78 is 5.41. The lowest BCUT2D eigenvalue weighted by Crippen LogP contribution is -2.48. The largest absolute Gasteiger partial charge is 0.443 e. The van der Waals surface area contributed by atoms with Crippen LogP contribution in [0.3, 0.4) is 0 Å². The van der Waals surface area contributed by atoms with Crippen LogP contribution in [-0.2, 0) is 9.53 Å². The predicted molar refractivity (Wildman–Crippen MR) is 70.5 cm³/mol. The van der Waals surface area contributed by atoms with Gasteiger partial charge in [-0.05, 0) is 27.2 Å². The molecule has 1 aliphatic heterocycles. The van der Waals surface area contributed by atoms with E-state index >= 15 is 0 Å². The molecule has 0 bridgehead atoms. The molecule has 1 unspecified atom stereocenters. The molecule has 1 saturated heterocycles. The zero-order chi connectivity index (χ0) is 13.2. The topological polar surface area (TPSA) is 58.6 Å². The molecule has 1 N–H and O–H groups in total. The Morgan fingerprint density at radius 1 is 1.59 bits per heavy atom. The smallest absolute Gasteiger partial charge is 0.427 e. The number of nitrogens with zero attached hydrogens (tertiary/aromatic N) is 1. The molecular formula is C10H16N2O3S2. The van der Waals surface area contributed by atoms with E-state index in [0.29, 0.717) is 10.7 Å². The average Bonchev–Trinajstić information content (AvgIpc) is 2.42. The number of carbonyl (C=O) groups excluding carboxylic acids is 2. The van der Waals surface area contributed by atoms with Crippen molar-refractivity contribution in [3.63, 3.8) is 0 Å². The molecule has 2 amide bonds. The van der Waals surface area contributed by atoms with E-state index in [-0.39, 0.29) is 11.2 Å². The lowest BCUT2D eigenvalue weighted by molar-refractivity contribution is -0.128. The predicted octanol–water partition coefficient (Wildman–Crippen LogP) is 2.06. The van der Waals surface area contributed by atoms with Gasteiger partial charge in [-0.3, -0.25) is 4.79 Å². The van der Waals surface area contributed by atoms with Gasteiger partial charge in [0.2, 0.25) is 0 Å². The second-order valence-electron chi connectivity index (χ2n) is 4.57. The van der Waals surface area contributed by atoms with Gasteiger partial charge in [0.05, 0.1) is 5.25 Å². The molecule has 0 spiro atoms. The highest BCUT2D eigenvalue weighted by Crippen LogP contribution is 2.27. The van der Waals surface area contributed by atoms with E-state index in [2.05, 4.69) is 5.43 Å². The molecule has 7 heteroatoms. The van der Waals surface area contributed by atoms with E-state index in [0.717, 1.165) is 5.01 Å². The van der Waals surface area contributed by atoms with Crippen LogP contribution in [0, 0.1) is 0 Å². The summed E-state index contributed by atoms with van der Waals surface area (Å²) in [7, 11) is 0. The van der Waals surface area contributed by atoms with Crippen LogP contribution >= 0.6 is 24.0 Å². The van der Waals surface area contributed by atoms with E-state index in [4.69, 9.17) is 17.0 Å². The highest BCUT2D eigenvalue weighted by atomic mass is 32.2. The van der Waals surface area contributed by atoms with Crippen LogP contribution in [-0.4, -0.2) is 32.2 Å². The van der Waals surface area contributed by atoms with Crippen LogP contribution in [0.1, 0.15) is 34.1 Å². The summed E-state index contributed by atoms with van der Waals surface area (Å²) in [5.41, 5.74) is 1.75. The van der Waals surface area contributed by atoms with Gasteiger partial charge in [0, 0.05) is 0 Å². The Labute approximate surface area is 110 Å². The van der Waals surface area contributed by atoms with Gasteiger partial charge in [0.25, 0.3) is 5.91 Å². The molecule has 1 aliphatic rings. The number of ether oxygens (including phenoxy) is 1. The number of thiocarbonyl (C=S) groups is 1. The monoisotopic (exact) mass is 276 g/mol. The molecule has 1 heterocycles. The van der Waals surface area contributed by atoms with Gasteiger partial charge in [-0.2, -0.15) is 5.01 Å². The third-order valence-corrected chi connectivity index (χ3v) is 3.57. The van der Waals surface area contributed by atoms with Crippen molar-refractivity contribution in [3.8, 4) is 0 Å². The molecule has 5 nitrogen and oxygen atoms in total. The second kappa shape index (κ2) is 5.22. The third kappa shape index (κ3) is 3.85. The zero-order valence-electron chi connectivity index (χ0n) is 10.3. The fourth-order valence-corrected chi connectivity index (χ4v) is 2.55. The highest BCUT2D eigenvalue weighted by Gasteiger charge is 2.37. The lowest BCUT2D eigenvalue weighted by atomic mass is 10.2. The molecule has 1 atom stereocenters. The van der Waals surface area contributed by atoms with E-state index in [1.165, 1.54) is 11.8 Å². The van der Waals surface area contributed by atoms with Gasteiger partial charge in [-0.15, -0.1) is 0 Å². The normalized spacial score (nSPS) is 20.7. The molecule has 0 saturated carbocycles. The van der Waals surface area contributed by atoms with Gasteiger partial charge in [0.1, 0.15) is 5.60 Å². The van der Waals surface area contributed by atoms with Crippen molar-refractivity contribution in [3.05, 3.63) is 0 Å². The molecule has 96 valence electrons. The van der Waals surface area contributed by atoms with E-state index in [1.807, 2.05) is 6.92 Å². The number of hydrazine groups is 1. The molecule has 1 fully saturated rings. The summed E-state index contributed by atoms with van der Waals surface area (Å²) in [6.07, 6.45) is 0.00131. The number of thioether (sulfide) groups is 1. The minimum absolute atomic E-state index is 0.201. The number of rotatable bonds is 2. The molecule has 1 rings (SSSR count). The fourth-order valence-electron chi connectivity index (χ4n) is 1.21. The summed E-state index contributed by atoms with van der Waals surface area (Å²) >= 11 is 6.30. The van der Waals surface area contributed by atoms with Gasteiger partial charge in [-0.1, -0.05) is 30.9 Å². The number of carbonyl (C=O) groups is 2. The molecule has 0 aliphatic carbocycles. The van der Waals surface area contributed by atoms with Crippen LogP contribution in [0.5, 0.6) is 0 Å². The minimum Gasteiger partial charge on any atom is -0.443 e. The Kier molecular flexibility index (Phi) is 4.37. The molecule has 0 radical (unpaired) electrons. The second-order valence-corrected chi connectivity index (χ2v) is 6.40. The Morgan fingerprint density at radius 2 is 2.18 bits per heavy atom. The van der Waals surface area contributed by atoms with Gasteiger partial charge < -0.3 is 4.74 Å². The molecule has 0 aromatic heterocycles. The van der Waals surface area contributed by atoms with Crippen LogP contribution in [0.2, 0.25) is 0 Å². The minimum atomic E-state index is -0.675. The van der Waals surface area contributed by atoms with Crippen molar-refractivity contribution >= 4 is 40.3 Å². The van der Waals surface area contributed by atoms with Gasteiger partial charge >= 0.3 is 6.09 Å². The van der Waals surface area contributed by atoms with Crippen LogP contribution in [0.4, 0.5) is 4.79 Å². The van der Waals surface area contributed by atoms with E-state index in [1.54, 1.807) is 20.8 Å². The number of nitrogens with one attached hydrogen (secondary N) is 1. The first-order valence-corrected chi connectivity index (χ1v) is 6.57. The standard InChI is InChI=1S/C10H16N2O3S2/c1-5-6-7(13)12(9(16)17-6)11-8(14)15-10(2,3)4/h6H,5H2,1-4H3,(H,11,14). The van der Waals surface area contributed by atoms with Crippen molar-refractivity contribution in [1.29, 1.82) is 0 Å². The summed E-state index contributed by atoms with van der Waals surface area (Å²) in [6, 6.07) is 0. The van der Waals surface area contributed by atoms with E-state index in [9.17, 15) is 9.59 Å². The Balaban J connectivity index is 2.60. The maximum Gasteiger partial charge on any atom is 0.427 e. The molecular weight excluding hydrogens is 260 g/mol. The quantitative estimate of drug-likeness (QED) is 0.782. The summed E-state index contributed by atoms with van der Waals surface area (Å²) in [5.74, 6) is -0.201. The first kappa shape index (κ1) is 14.2. The molecule has 17 heavy (non-hydrogen) atoms. The van der Waals surface area contributed by atoms with Crippen LogP contribution in [0.25, 0.3) is 0 Å². The SMILES string of the molecule is CCC1SC(=S)N(NC(=O)OC(C)(C)C)C1=O. The number of hydrogen-bond acceptors (Lipinski definition) is 5. The summed E-state index contributed by atoms with van der Waals surface area (Å²) in [5, 5.41) is 0.875. The summed E-state index contributed by atoms with van der Waals surface area (Å²) in [4.78, 5) is 23.3.